The zero-order chi connectivity index (χ0) is 27.5. The fourth-order valence-corrected chi connectivity index (χ4v) is 3.76. The summed E-state index contributed by atoms with van der Waals surface area (Å²) in [5.74, 6) is -4.05. The lowest BCUT2D eigenvalue weighted by molar-refractivity contribution is -0.166. The van der Waals surface area contributed by atoms with Crippen LogP contribution < -0.4 is 5.32 Å². The van der Waals surface area contributed by atoms with Crippen molar-refractivity contribution in [2.45, 2.75) is 97.5 Å². The van der Waals surface area contributed by atoms with Gasteiger partial charge in [-0.2, -0.15) is 0 Å². The number of unbranched alkanes of at least 4 members (excludes halogenated alkanes) is 8. The molecular weight excluding hydrogens is 466 g/mol. The summed E-state index contributed by atoms with van der Waals surface area (Å²) in [6.45, 7) is 11.3. The number of esters is 2. The number of anilines is 1. The van der Waals surface area contributed by atoms with E-state index >= 15 is 0 Å². The summed E-state index contributed by atoms with van der Waals surface area (Å²) in [6.07, 6.45) is 18.6. The molecule has 0 aliphatic carbocycles. The number of allylic oxidation sites excluding steroid dienone is 3. The van der Waals surface area contributed by atoms with Crippen molar-refractivity contribution < 1.29 is 23.9 Å². The topological polar surface area (TPSA) is 81.7 Å². The largest absolute Gasteiger partial charge is 0.465 e. The maximum atomic E-state index is 13.0. The Labute approximate surface area is 223 Å². The first-order chi connectivity index (χ1) is 17.7. The molecule has 0 aliphatic rings. The van der Waals surface area contributed by atoms with Crippen molar-refractivity contribution in [1.29, 1.82) is 0 Å². The molecule has 0 saturated carbocycles. The molecule has 37 heavy (non-hydrogen) atoms. The molecule has 1 aromatic rings. The second kappa shape index (κ2) is 18.4. The Morgan fingerprint density at radius 3 is 2.00 bits per heavy atom. The van der Waals surface area contributed by atoms with Crippen LogP contribution in [0, 0.1) is 5.92 Å². The summed E-state index contributed by atoms with van der Waals surface area (Å²) in [4.78, 5) is 37.9. The Balaban J connectivity index is 2.40. The van der Waals surface area contributed by atoms with Crippen molar-refractivity contribution in [2.24, 2.45) is 5.92 Å². The first kappa shape index (κ1) is 32.1. The predicted molar refractivity (Wildman–Crippen MR) is 151 cm³/mol. The average molecular weight is 514 g/mol. The number of ether oxygens (including phenoxy) is 2. The van der Waals surface area contributed by atoms with Crippen LogP contribution in [0.5, 0.6) is 0 Å². The fraction of sp³-hybridized carbons (Fsp3) is 0.581. The van der Waals surface area contributed by atoms with Crippen LogP contribution in [0.25, 0.3) is 0 Å². The van der Waals surface area contributed by atoms with Crippen LogP contribution in [0.15, 0.2) is 49.1 Å². The van der Waals surface area contributed by atoms with E-state index in [-0.39, 0.29) is 12.2 Å². The summed E-state index contributed by atoms with van der Waals surface area (Å²) in [5, 5.41) is 3.34. The van der Waals surface area contributed by atoms with E-state index in [0.717, 1.165) is 37.9 Å². The second-order valence-corrected chi connectivity index (χ2v) is 10.2. The summed E-state index contributed by atoms with van der Waals surface area (Å²) in [5.41, 5.74) is 0.309. The molecule has 0 spiro atoms. The van der Waals surface area contributed by atoms with Gasteiger partial charge in [0.1, 0.15) is 5.60 Å². The van der Waals surface area contributed by atoms with E-state index in [0.29, 0.717) is 0 Å². The molecule has 1 unspecified atom stereocenters. The van der Waals surface area contributed by atoms with Gasteiger partial charge in [-0.15, -0.1) is 6.58 Å². The molecule has 206 valence electrons. The summed E-state index contributed by atoms with van der Waals surface area (Å²) in [6, 6.07) is 6.77. The van der Waals surface area contributed by atoms with E-state index in [2.05, 4.69) is 24.0 Å². The Bertz CT molecular complexity index is 851. The van der Waals surface area contributed by atoms with Crippen LogP contribution in [0.4, 0.5) is 5.69 Å². The van der Waals surface area contributed by atoms with Gasteiger partial charge in [-0.1, -0.05) is 43.9 Å². The lowest BCUT2D eigenvalue weighted by atomic mass is 9.97. The maximum Gasteiger partial charge on any atom is 0.328 e. The number of carbonyl (C=O) groups is 3. The molecule has 0 radical (unpaired) electrons. The number of Topliss-reactive ketones (excluding diaryl/α,β-unsaturated/α-hetero) is 1. The third kappa shape index (κ3) is 14.4. The standard InChI is InChI=1S/C31H47NO5/c1-6-8-9-10-11-12-13-14-15-16-17-18-19-24-32-26-22-20-25(21-23-26)28(33)27(29(34)36-7-2)30(35)37-31(3,4)5/h6,16-17,20-23,27,32H,1,7-15,18-19,24H2,2-5H3/b17-16+. The van der Waals surface area contributed by atoms with Crippen LogP contribution in [0.3, 0.4) is 0 Å². The van der Waals surface area contributed by atoms with Gasteiger partial charge in [0.05, 0.1) is 6.61 Å². The zero-order valence-corrected chi connectivity index (χ0v) is 23.4. The number of carbonyl (C=O) groups excluding carboxylic acids is 3. The van der Waals surface area contributed by atoms with Gasteiger partial charge in [-0.05, 0) is 90.5 Å². The smallest absolute Gasteiger partial charge is 0.328 e. The SMILES string of the molecule is C=CCCCCCCCC/C=C/CCCNc1ccc(C(=O)C(C(=O)OCC)C(=O)OC(C)(C)C)cc1. The van der Waals surface area contributed by atoms with Crippen molar-refractivity contribution in [3.8, 4) is 0 Å². The molecule has 6 nitrogen and oxygen atoms in total. The fourth-order valence-electron chi connectivity index (χ4n) is 3.76. The molecule has 1 atom stereocenters. The molecule has 0 fully saturated rings. The van der Waals surface area contributed by atoms with E-state index in [9.17, 15) is 14.4 Å². The molecule has 0 aromatic heterocycles. The number of ketones is 1. The van der Waals surface area contributed by atoms with Gasteiger partial charge in [0, 0.05) is 17.8 Å². The zero-order valence-electron chi connectivity index (χ0n) is 23.4. The van der Waals surface area contributed by atoms with E-state index in [1.807, 2.05) is 6.08 Å². The molecule has 6 heteroatoms. The van der Waals surface area contributed by atoms with E-state index < -0.39 is 29.2 Å². The number of benzene rings is 1. The first-order valence-corrected chi connectivity index (χ1v) is 13.7. The minimum Gasteiger partial charge on any atom is -0.465 e. The second-order valence-electron chi connectivity index (χ2n) is 10.2. The summed E-state index contributed by atoms with van der Waals surface area (Å²) >= 11 is 0. The molecule has 1 N–H and O–H groups in total. The molecule has 1 aromatic carbocycles. The third-order valence-corrected chi connectivity index (χ3v) is 5.67. The molecular formula is C31H47NO5. The Morgan fingerprint density at radius 2 is 1.43 bits per heavy atom. The monoisotopic (exact) mass is 513 g/mol. The van der Waals surface area contributed by atoms with Crippen molar-refractivity contribution in [1.82, 2.24) is 0 Å². The number of nitrogens with one attached hydrogen (secondary N) is 1. The highest BCUT2D eigenvalue weighted by molar-refractivity contribution is 6.20. The van der Waals surface area contributed by atoms with Crippen molar-refractivity contribution >= 4 is 23.4 Å². The molecule has 0 heterocycles. The van der Waals surface area contributed by atoms with Crippen molar-refractivity contribution in [3.05, 3.63) is 54.6 Å². The van der Waals surface area contributed by atoms with Crippen molar-refractivity contribution in [3.63, 3.8) is 0 Å². The summed E-state index contributed by atoms with van der Waals surface area (Å²) in [7, 11) is 0. The van der Waals surface area contributed by atoms with Crippen LogP contribution in [0.2, 0.25) is 0 Å². The highest BCUT2D eigenvalue weighted by atomic mass is 16.6. The van der Waals surface area contributed by atoms with Crippen LogP contribution in [0.1, 0.15) is 102 Å². The molecule has 0 amide bonds. The van der Waals surface area contributed by atoms with Gasteiger partial charge in [0.15, 0.2) is 5.78 Å². The normalized spacial score (nSPS) is 12.2. The minimum atomic E-state index is -1.63. The number of hydrogen-bond donors (Lipinski definition) is 1. The minimum absolute atomic E-state index is 0.0696. The highest BCUT2D eigenvalue weighted by Crippen LogP contribution is 2.19. The lowest BCUT2D eigenvalue weighted by Crippen LogP contribution is -2.38. The Morgan fingerprint density at radius 1 is 0.865 bits per heavy atom. The molecule has 1 rings (SSSR count). The highest BCUT2D eigenvalue weighted by Gasteiger charge is 2.39. The lowest BCUT2D eigenvalue weighted by Gasteiger charge is -2.22. The van der Waals surface area contributed by atoms with Gasteiger partial charge in [0.2, 0.25) is 5.92 Å². The molecule has 0 saturated heterocycles. The van der Waals surface area contributed by atoms with Crippen LogP contribution >= 0.6 is 0 Å². The van der Waals surface area contributed by atoms with Crippen molar-refractivity contribution in [2.75, 3.05) is 18.5 Å². The quantitative estimate of drug-likeness (QED) is 0.0680. The molecule has 0 aliphatic heterocycles. The van der Waals surface area contributed by atoms with Gasteiger partial charge < -0.3 is 14.8 Å². The Kier molecular flexibility index (Phi) is 16.0. The Hall–Kier alpha value is -2.89. The van der Waals surface area contributed by atoms with Gasteiger partial charge in [0.25, 0.3) is 0 Å². The van der Waals surface area contributed by atoms with E-state index in [1.54, 1.807) is 52.0 Å². The van der Waals surface area contributed by atoms with E-state index in [1.165, 1.54) is 38.5 Å². The maximum absolute atomic E-state index is 13.0. The first-order valence-electron chi connectivity index (χ1n) is 13.7. The average Bonchev–Trinajstić information content (AvgIpc) is 2.83. The third-order valence-electron chi connectivity index (χ3n) is 5.67. The molecule has 0 bridgehead atoms. The summed E-state index contributed by atoms with van der Waals surface area (Å²) < 4.78 is 10.2. The van der Waals surface area contributed by atoms with E-state index in [4.69, 9.17) is 9.47 Å². The number of hydrogen-bond acceptors (Lipinski definition) is 6. The number of rotatable bonds is 19. The predicted octanol–water partition coefficient (Wildman–Crippen LogP) is 7.45. The van der Waals surface area contributed by atoms with Crippen LogP contribution in [-0.4, -0.2) is 36.5 Å². The van der Waals surface area contributed by atoms with Gasteiger partial charge >= 0.3 is 11.9 Å². The van der Waals surface area contributed by atoms with Crippen LogP contribution in [-0.2, 0) is 19.1 Å². The van der Waals surface area contributed by atoms with Gasteiger partial charge in [-0.25, -0.2) is 0 Å². The van der Waals surface area contributed by atoms with Gasteiger partial charge in [-0.3, -0.25) is 14.4 Å².